The number of amides is 1. The van der Waals surface area contributed by atoms with Gasteiger partial charge in [-0.3, -0.25) is 14.6 Å². The van der Waals surface area contributed by atoms with Gasteiger partial charge >= 0.3 is 0 Å². The van der Waals surface area contributed by atoms with Crippen molar-refractivity contribution in [1.82, 2.24) is 10.3 Å². The summed E-state index contributed by atoms with van der Waals surface area (Å²) < 4.78 is 0. The minimum absolute atomic E-state index is 0.234. The van der Waals surface area contributed by atoms with Crippen LogP contribution >= 0.6 is 0 Å². The molecule has 14 heavy (non-hydrogen) atoms. The molecule has 73 valence electrons. The van der Waals surface area contributed by atoms with E-state index in [0.29, 0.717) is 6.42 Å². The second-order valence-corrected chi connectivity index (χ2v) is 2.94. The average molecular weight is 191 g/mol. The first-order valence-electron chi connectivity index (χ1n) is 4.26. The van der Waals surface area contributed by atoms with Crippen molar-refractivity contribution in [2.45, 2.75) is 19.4 Å². The molecule has 1 heterocycles. The lowest BCUT2D eigenvalue weighted by Gasteiger charge is -2.09. The molecule has 1 aromatic rings. The fraction of sp³-hybridized carbons (Fsp3) is 0.300. The number of nitrogens with zero attached hydrogens (tertiary/aromatic N) is 1. The van der Waals surface area contributed by atoms with Gasteiger partial charge < -0.3 is 5.32 Å². The Balaban J connectivity index is 2.57. The van der Waals surface area contributed by atoms with Crippen LogP contribution in [0.15, 0.2) is 24.5 Å². The van der Waals surface area contributed by atoms with Gasteiger partial charge in [0.25, 0.3) is 0 Å². The van der Waals surface area contributed by atoms with E-state index in [1.165, 1.54) is 6.92 Å². The third-order valence-corrected chi connectivity index (χ3v) is 1.68. The molecule has 0 bridgehead atoms. The molecule has 0 aromatic carbocycles. The molecule has 0 aliphatic heterocycles. The number of aromatic nitrogens is 1. The van der Waals surface area contributed by atoms with Gasteiger partial charge in [-0.2, -0.15) is 0 Å². The third kappa shape index (κ3) is 3.35. The van der Waals surface area contributed by atoms with Gasteiger partial charge in [0.2, 0.25) is 12.2 Å². The molecule has 1 N–H and O–H groups in total. The minimum atomic E-state index is -0.586. The van der Waals surface area contributed by atoms with Crippen LogP contribution in [0.3, 0.4) is 0 Å². The van der Waals surface area contributed by atoms with Crippen LogP contribution in [0.25, 0.3) is 0 Å². The molecule has 0 saturated heterocycles. The van der Waals surface area contributed by atoms with E-state index >= 15 is 0 Å². The highest BCUT2D eigenvalue weighted by atomic mass is 16.2. The van der Waals surface area contributed by atoms with Gasteiger partial charge in [0.1, 0.15) is 0 Å². The van der Waals surface area contributed by atoms with E-state index in [1.807, 2.05) is 6.07 Å². The van der Waals surface area contributed by atoms with Crippen molar-refractivity contribution in [2.24, 2.45) is 0 Å². The first-order valence-corrected chi connectivity index (χ1v) is 4.26. The highest BCUT2D eigenvalue weighted by Gasteiger charge is 2.09. The van der Waals surface area contributed by atoms with E-state index in [-0.39, 0.29) is 5.91 Å². The molecule has 0 aliphatic carbocycles. The van der Waals surface area contributed by atoms with Crippen molar-refractivity contribution in [3.05, 3.63) is 30.1 Å². The van der Waals surface area contributed by atoms with Crippen LogP contribution in [0.1, 0.15) is 12.5 Å². The fourth-order valence-electron chi connectivity index (χ4n) is 1.12. The van der Waals surface area contributed by atoms with Crippen LogP contribution < -0.4 is 5.32 Å². The van der Waals surface area contributed by atoms with Gasteiger partial charge in [-0.25, -0.2) is 0 Å². The Labute approximate surface area is 82.3 Å². The molecule has 1 amide bonds. The zero-order valence-corrected chi connectivity index (χ0v) is 7.86. The lowest BCUT2D eigenvalue weighted by Crippen LogP contribution is -2.35. The Morgan fingerprint density at radius 1 is 1.71 bits per heavy atom. The molecule has 1 aromatic heterocycles. The van der Waals surface area contributed by atoms with E-state index in [9.17, 15) is 9.59 Å². The number of nitrogens with one attached hydrogen (secondary N) is 1. The van der Waals surface area contributed by atoms with Crippen molar-refractivity contribution >= 4 is 12.2 Å². The SMILES string of the molecule is CC(=O)N[C@H]([C]=O)Cc1cccnc1. The molecule has 0 saturated carbocycles. The Morgan fingerprint density at radius 2 is 2.50 bits per heavy atom. The molecule has 1 rings (SSSR count). The number of carbonyl (C=O) groups excluding carboxylic acids is 2. The van der Waals surface area contributed by atoms with Crippen molar-refractivity contribution < 1.29 is 9.59 Å². The first kappa shape index (κ1) is 10.4. The van der Waals surface area contributed by atoms with Crippen molar-refractivity contribution in [2.75, 3.05) is 0 Å². The van der Waals surface area contributed by atoms with E-state index in [2.05, 4.69) is 10.3 Å². The predicted molar refractivity (Wildman–Crippen MR) is 51.2 cm³/mol. The lowest BCUT2D eigenvalue weighted by molar-refractivity contribution is -0.119. The largest absolute Gasteiger partial charge is 0.346 e. The Hall–Kier alpha value is -1.71. The smallest absolute Gasteiger partial charge is 0.223 e. The summed E-state index contributed by atoms with van der Waals surface area (Å²) in [5.74, 6) is -0.234. The average Bonchev–Trinajstić information content (AvgIpc) is 2.17. The van der Waals surface area contributed by atoms with E-state index in [1.54, 1.807) is 24.7 Å². The molecule has 4 heteroatoms. The number of rotatable bonds is 4. The monoisotopic (exact) mass is 191 g/mol. The van der Waals surface area contributed by atoms with E-state index < -0.39 is 6.04 Å². The highest BCUT2D eigenvalue weighted by Crippen LogP contribution is 1.99. The molecule has 0 aliphatic rings. The summed E-state index contributed by atoms with van der Waals surface area (Å²) >= 11 is 0. The summed E-state index contributed by atoms with van der Waals surface area (Å²) in [6.07, 6.45) is 5.51. The summed E-state index contributed by atoms with van der Waals surface area (Å²) in [6, 6.07) is 3.04. The number of pyridine rings is 1. The molecule has 0 unspecified atom stereocenters. The highest BCUT2D eigenvalue weighted by molar-refractivity contribution is 5.77. The quantitative estimate of drug-likeness (QED) is 0.741. The zero-order valence-electron chi connectivity index (χ0n) is 7.86. The predicted octanol–water partition coefficient (Wildman–Crippen LogP) is 0.238. The molecule has 0 fully saturated rings. The van der Waals surface area contributed by atoms with Crippen LogP contribution in [0.5, 0.6) is 0 Å². The molecular formula is C10H11N2O2. The molecule has 1 atom stereocenters. The maximum absolute atomic E-state index is 10.7. The molecular weight excluding hydrogens is 180 g/mol. The fourth-order valence-corrected chi connectivity index (χ4v) is 1.12. The van der Waals surface area contributed by atoms with E-state index in [4.69, 9.17) is 0 Å². The standard InChI is InChI=1S/C10H11N2O2/c1-8(14)12-10(7-13)5-9-3-2-4-11-6-9/h2-4,6,10H,5H2,1H3,(H,12,14)/t10-/m0/s1. The minimum Gasteiger partial charge on any atom is -0.346 e. The maximum Gasteiger partial charge on any atom is 0.223 e. The van der Waals surface area contributed by atoms with Gasteiger partial charge in [-0.15, -0.1) is 0 Å². The Kier molecular flexibility index (Phi) is 3.79. The van der Waals surface area contributed by atoms with Crippen LogP contribution in [-0.4, -0.2) is 23.2 Å². The second kappa shape index (κ2) is 5.11. The van der Waals surface area contributed by atoms with E-state index in [0.717, 1.165) is 5.56 Å². The van der Waals surface area contributed by atoms with Crippen LogP contribution in [-0.2, 0) is 16.0 Å². The molecule has 1 radical (unpaired) electrons. The van der Waals surface area contributed by atoms with Gasteiger partial charge in [0, 0.05) is 25.7 Å². The van der Waals surface area contributed by atoms with Gasteiger partial charge in [0.05, 0.1) is 6.04 Å². The summed E-state index contributed by atoms with van der Waals surface area (Å²) in [6.45, 7) is 1.37. The maximum atomic E-state index is 10.7. The normalized spacial score (nSPS) is 11.8. The van der Waals surface area contributed by atoms with Gasteiger partial charge in [0.15, 0.2) is 0 Å². The van der Waals surface area contributed by atoms with Crippen molar-refractivity contribution in [3.63, 3.8) is 0 Å². The second-order valence-electron chi connectivity index (χ2n) is 2.94. The molecule has 0 spiro atoms. The van der Waals surface area contributed by atoms with Gasteiger partial charge in [-0.05, 0) is 11.6 Å². The van der Waals surface area contributed by atoms with Crippen molar-refractivity contribution in [1.29, 1.82) is 0 Å². The zero-order chi connectivity index (χ0) is 10.4. The summed E-state index contributed by atoms with van der Waals surface area (Å²) in [5.41, 5.74) is 0.898. The third-order valence-electron chi connectivity index (χ3n) is 1.68. The number of carbonyl (C=O) groups is 1. The topological polar surface area (TPSA) is 59.1 Å². The Bertz CT molecular complexity index is 311. The van der Waals surface area contributed by atoms with Gasteiger partial charge in [-0.1, -0.05) is 6.07 Å². The summed E-state index contributed by atoms with van der Waals surface area (Å²) in [4.78, 5) is 25.1. The lowest BCUT2D eigenvalue weighted by atomic mass is 10.1. The van der Waals surface area contributed by atoms with Crippen molar-refractivity contribution in [3.8, 4) is 0 Å². The van der Waals surface area contributed by atoms with Crippen LogP contribution in [0, 0.1) is 0 Å². The summed E-state index contributed by atoms with van der Waals surface area (Å²) in [5, 5.41) is 2.49. The Morgan fingerprint density at radius 3 is 3.00 bits per heavy atom. The molecule has 4 nitrogen and oxygen atoms in total. The van der Waals surface area contributed by atoms with Crippen LogP contribution in [0.2, 0.25) is 0 Å². The number of hydrogen-bond donors (Lipinski definition) is 1. The van der Waals surface area contributed by atoms with Crippen LogP contribution in [0.4, 0.5) is 0 Å². The summed E-state index contributed by atoms with van der Waals surface area (Å²) in [7, 11) is 0. The number of hydrogen-bond acceptors (Lipinski definition) is 3. The first-order chi connectivity index (χ1) is 6.72.